The van der Waals surface area contributed by atoms with E-state index in [9.17, 15) is 10.3 Å². The highest BCUT2D eigenvalue weighted by molar-refractivity contribution is 6.31. The minimum Gasteiger partial charge on any atom is -0.616 e. The van der Waals surface area contributed by atoms with Crippen molar-refractivity contribution in [1.29, 1.82) is 0 Å². The molecule has 0 saturated heterocycles. The van der Waals surface area contributed by atoms with E-state index in [-0.39, 0.29) is 30.0 Å². The first-order valence-electron chi connectivity index (χ1n) is 7.64. The molecule has 2 rings (SSSR count). The molecule has 1 aromatic carbocycles. The van der Waals surface area contributed by atoms with Crippen LogP contribution in [0.5, 0.6) is 11.8 Å². The number of aliphatic hydroxyl groups is 1. The molecule has 0 aliphatic heterocycles. The Morgan fingerprint density at radius 3 is 2.62 bits per heavy atom. The lowest BCUT2D eigenvalue weighted by atomic mass is 10.1. The van der Waals surface area contributed by atoms with Crippen molar-refractivity contribution in [1.82, 2.24) is 4.98 Å². The van der Waals surface area contributed by atoms with Gasteiger partial charge >= 0.3 is 5.88 Å². The smallest absolute Gasteiger partial charge is 0.404 e. The lowest BCUT2D eigenvalue weighted by molar-refractivity contribution is -0.622. The first-order valence-corrected chi connectivity index (χ1v) is 8.02. The van der Waals surface area contributed by atoms with Crippen molar-refractivity contribution in [2.75, 3.05) is 7.11 Å². The van der Waals surface area contributed by atoms with Gasteiger partial charge in [-0.1, -0.05) is 43.6 Å². The molecule has 1 aromatic heterocycles. The topological polar surface area (TPSA) is 78.5 Å². The van der Waals surface area contributed by atoms with Gasteiger partial charge in [-0.3, -0.25) is 0 Å². The molecule has 0 fully saturated rings. The predicted molar refractivity (Wildman–Crippen MR) is 90.0 cm³/mol. The fourth-order valence-corrected chi connectivity index (χ4v) is 2.49. The lowest BCUT2D eigenvalue weighted by Gasteiger charge is -2.16. The zero-order chi connectivity index (χ0) is 17.7. The summed E-state index contributed by atoms with van der Waals surface area (Å²) in [5.41, 5.74) is 1.29. The Hall–Kier alpha value is -2.05. The molecule has 0 spiro atoms. The molecule has 2 aromatic rings. The molecule has 0 radical (unpaired) electrons. The van der Waals surface area contributed by atoms with Gasteiger partial charge in [0.05, 0.1) is 13.7 Å². The molecule has 0 aliphatic carbocycles. The van der Waals surface area contributed by atoms with E-state index in [4.69, 9.17) is 21.1 Å². The highest BCUT2D eigenvalue weighted by atomic mass is 35.5. The van der Waals surface area contributed by atoms with Crippen molar-refractivity contribution < 1.29 is 19.3 Å². The zero-order valence-electron chi connectivity index (χ0n) is 14.0. The standard InChI is InChI=1S/C17H21ClN2O4/c1-11(2)8-15-16(19-14(9-21)17(23-3)20(15)22)24-10-12-6-4-5-7-13(12)18/h4-7,11,21H,8-10H2,1-3H3. The van der Waals surface area contributed by atoms with E-state index in [1.54, 1.807) is 6.07 Å². The summed E-state index contributed by atoms with van der Waals surface area (Å²) in [6, 6.07) is 7.29. The molecular weight excluding hydrogens is 332 g/mol. The summed E-state index contributed by atoms with van der Waals surface area (Å²) in [6.07, 6.45) is 0.469. The molecule has 0 bridgehead atoms. The summed E-state index contributed by atoms with van der Waals surface area (Å²) in [5.74, 6) is 0.390. The van der Waals surface area contributed by atoms with Crippen LogP contribution in [-0.4, -0.2) is 17.2 Å². The SMILES string of the molecule is COc1c(CO)nc(OCc2ccccc2Cl)c(CC(C)C)[n+]1[O-]. The highest BCUT2D eigenvalue weighted by Gasteiger charge is 2.26. The summed E-state index contributed by atoms with van der Waals surface area (Å²) < 4.78 is 11.5. The Bertz CT molecular complexity index is 707. The number of ether oxygens (including phenoxy) is 2. The first-order chi connectivity index (χ1) is 11.5. The maximum atomic E-state index is 12.5. The zero-order valence-corrected chi connectivity index (χ0v) is 14.7. The van der Waals surface area contributed by atoms with Crippen LogP contribution in [0.2, 0.25) is 5.02 Å². The van der Waals surface area contributed by atoms with Crippen LogP contribution >= 0.6 is 11.6 Å². The average molecular weight is 353 g/mol. The van der Waals surface area contributed by atoms with Crippen molar-refractivity contribution >= 4 is 11.6 Å². The maximum Gasteiger partial charge on any atom is 0.404 e. The summed E-state index contributed by atoms with van der Waals surface area (Å²) >= 11 is 6.12. The van der Waals surface area contributed by atoms with E-state index in [0.29, 0.717) is 21.9 Å². The van der Waals surface area contributed by atoms with Gasteiger partial charge in [0.1, 0.15) is 6.61 Å². The normalized spacial score (nSPS) is 10.9. The number of halogens is 1. The van der Waals surface area contributed by atoms with E-state index in [2.05, 4.69) is 4.98 Å². The van der Waals surface area contributed by atoms with Crippen LogP contribution in [0.1, 0.15) is 30.8 Å². The molecule has 0 unspecified atom stereocenters. The fourth-order valence-electron chi connectivity index (χ4n) is 2.30. The Kier molecular flexibility index (Phi) is 6.23. The Balaban J connectivity index is 2.39. The van der Waals surface area contributed by atoms with Gasteiger partial charge in [-0.2, -0.15) is 4.98 Å². The summed E-state index contributed by atoms with van der Waals surface area (Å²) in [6.45, 7) is 3.74. The summed E-state index contributed by atoms with van der Waals surface area (Å²) in [4.78, 5) is 4.26. The molecule has 1 N–H and O–H groups in total. The Morgan fingerprint density at radius 1 is 1.33 bits per heavy atom. The van der Waals surface area contributed by atoms with E-state index in [1.165, 1.54) is 7.11 Å². The van der Waals surface area contributed by atoms with Crippen molar-refractivity contribution in [2.45, 2.75) is 33.5 Å². The number of nitrogens with zero attached hydrogens (tertiary/aromatic N) is 2. The second kappa shape index (κ2) is 8.17. The molecule has 0 aliphatic rings. The van der Waals surface area contributed by atoms with E-state index >= 15 is 0 Å². The second-order valence-electron chi connectivity index (χ2n) is 5.75. The predicted octanol–water partition coefficient (Wildman–Crippen LogP) is 2.65. The number of hydrogen-bond donors (Lipinski definition) is 1. The van der Waals surface area contributed by atoms with Crippen LogP contribution in [0.3, 0.4) is 0 Å². The van der Waals surface area contributed by atoms with Crippen LogP contribution in [-0.2, 0) is 19.6 Å². The van der Waals surface area contributed by atoms with Crippen molar-refractivity contribution in [3.8, 4) is 11.8 Å². The minimum absolute atomic E-state index is 0.0155. The molecule has 6 nitrogen and oxygen atoms in total. The molecular formula is C17H21ClN2O4. The molecule has 0 atom stereocenters. The monoisotopic (exact) mass is 352 g/mol. The molecule has 24 heavy (non-hydrogen) atoms. The third kappa shape index (κ3) is 4.07. The van der Waals surface area contributed by atoms with E-state index in [0.717, 1.165) is 5.56 Å². The van der Waals surface area contributed by atoms with Crippen LogP contribution in [0.4, 0.5) is 0 Å². The van der Waals surface area contributed by atoms with Gasteiger partial charge in [0.25, 0.3) is 11.6 Å². The average Bonchev–Trinajstić information content (AvgIpc) is 2.56. The third-order valence-corrected chi connectivity index (χ3v) is 3.80. The van der Waals surface area contributed by atoms with Crippen LogP contribution in [0, 0.1) is 11.1 Å². The Labute approximate surface area is 146 Å². The van der Waals surface area contributed by atoms with Crippen molar-refractivity contribution in [3.63, 3.8) is 0 Å². The lowest BCUT2D eigenvalue weighted by Crippen LogP contribution is -2.37. The minimum atomic E-state index is -0.421. The number of methoxy groups -OCH3 is 1. The number of rotatable bonds is 7. The first kappa shape index (κ1) is 18.3. The van der Waals surface area contributed by atoms with Crippen LogP contribution < -0.4 is 14.2 Å². The number of aromatic nitrogens is 2. The number of hydrogen-bond acceptors (Lipinski definition) is 5. The molecule has 1 heterocycles. The van der Waals surface area contributed by atoms with Gasteiger partial charge in [-0.25, -0.2) is 0 Å². The van der Waals surface area contributed by atoms with Crippen LogP contribution in [0.15, 0.2) is 24.3 Å². The third-order valence-electron chi connectivity index (χ3n) is 3.43. The Morgan fingerprint density at radius 2 is 2.04 bits per heavy atom. The van der Waals surface area contributed by atoms with Crippen molar-refractivity contribution in [2.24, 2.45) is 5.92 Å². The number of aliphatic hydroxyl groups excluding tert-OH is 1. The molecule has 0 amide bonds. The van der Waals surface area contributed by atoms with Gasteiger partial charge < -0.3 is 19.8 Å². The molecule has 0 saturated carbocycles. The summed E-state index contributed by atoms with van der Waals surface area (Å²) in [5, 5.41) is 22.6. The van der Waals surface area contributed by atoms with Gasteiger partial charge in [-0.15, -0.1) is 4.73 Å². The van der Waals surface area contributed by atoms with E-state index in [1.807, 2.05) is 32.0 Å². The molecule has 130 valence electrons. The molecule has 7 heteroatoms. The van der Waals surface area contributed by atoms with Gasteiger partial charge in [0.15, 0.2) is 5.69 Å². The summed E-state index contributed by atoms with van der Waals surface area (Å²) in [7, 11) is 1.37. The highest BCUT2D eigenvalue weighted by Crippen LogP contribution is 2.24. The fraction of sp³-hybridized carbons (Fsp3) is 0.412. The van der Waals surface area contributed by atoms with Crippen molar-refractivity contribution in [3.05, 3.63) is 51.4 Å². The largest absolute Gasteiger partial charge is 0.616 e. The van der Waals surface area contributed by atoms with Crippen LogP contribution in [0.25, 0.3) is 0 Å². The number of benzene rings is 1. The second-order valence-corrected chi connectivity index (χ2v) is 6.16. The van der Waals surface area contributed by atoms with Gasteiger partial charge in [0, 0.05) is 17.0 Å². The van der Waals surface area contributed by atoms with Gasteiger partial charge in [-0.05, 0) is 12.0 Å². The van der Waals surface area contributed by atoms with E-state index < -0.39 is 6.61 Å². The quantitative estimate of drug-likeness (QED) is 0.612. The van der Waals surface area contributed by atoms with Gasteiger partial charge in [0.2, 0.25) is 0 Å². The maximum absolute atomic E-state index is 12.5.